The van der Waals surface area contributed by atoms with Crippen molar-refractivity contribution in [2.75, 3.05) is 13.2 Å². The van der Waals surface area contributed by atoms with Gasteiger partial charge in [-0.2, -0.15) is 0 Å². The Morgan fingerprint density at radius 3 is 1.91 bits per heavy atom. The summed E-state index contributed by atoms with van der Waals surface area (Å²) in [5, 5.41) is 9.65. The molecule has 1 heterocycles. The van der Waals surface area contributed by atoms with E-state index >= 15 is 0 Å². The number of hydrogen-bond donors (Lipinski definition) is 1. The Bertz CT molecular complexity index is 1230. The van der Waals surface area contributed by atoms with Gasteiger partial charge in [-0.25, -0.2) is 0 Å². The van der Waals surface area contributed by atoms with E-state index in [0.29, 0.717) is 23.3 Å². The highest BCUT2D eigenvalue weighted by Crippen LogP contribution is 2.26. The average Bonchev–Trinajstić information content (AvgIpc) is 3.12. The fourth-order valence-electron chi connectivity index (χ4n) is 4.14. The van der Waals surface area contributed by atoms with E-state index in [1.807, 2.05) is 43.3 Å². The van der Waals surface area contributed by atoms with Gasteiger partial charge in [0, 0.05) is 18.5 Å². The molecular formula is C28H25NO6. The second-order valence-electron chi connectivity index (χ2n) is 8.29. The van der Waals surface area contributed by atoms with Crippen molar-refractivity contribution >= 4 is 23.6 Å². The van der Waals surface area contributed by atoms with Crippen LogP contribution < -0.4 is 4.74 Å². The highest BCUT2D eigenvalue weighted by molar-refractivity contribution is 6.21. The molecule has 7 heteroatoms. The minimum atomic E-state index is -1.14. The molecular weight excluding hydrogens is 446 g/mol. The van der Waals surface area contributed by atoms with E-state index in [1.54, 1.807) is 36.4 Å². The number of hydrogen-bond acceptors (Lipinski definition) is 5. The van der Waals surface area contributed by atoms with E-state index in [9.17, 15) is 24.3 Å². The largest absolute Gasteiger partial charge is 0.494 e. The molecule has 0 aliphatic carbocycles. The first-order valence-corrected chi connectivity index (χ1v) is 11.4. The lowest BCUT2D eigenvalue weighted by Crippen LogP contribution is -2.33. The van der Waals surface area contributed by atoms with Crippen LogP contribution in [0.15, 0.2) is 72.8 Å². The highest BCUT2D eigenvalue weighted by atomic mass is 16.5. The van der Waals surface area contributed by atoms with Crippen LogP contribution in [0, 0.1) is 5.92 Å². The Labute approximate surface area is 203 Å². The topological polar surface area (TPSA) is 101 Å². The van der Waals surface area contributed by atoms with Crippen LogP contribution in [0.3, 0.4) is 0 Å². The Morgan fingerprint density at radius 1 is 0.857 bits per heavy atom. The van der Waals surface area contributed by atoms with E-state index in [1.165, 1.54) is 0 Å². The molecule has 0 aromatic heterocycles. The molecule has 178 valence electrons. The molecule has 0 saturated carbocycles. The van der Waals surface area contributed by atoms with Gasteiger partial charge in [0.1, 0.15) is 5.75 Å². The quantitative estimate of drug-likeness (QED) is 0.339. The zero-order valence-corrected chi connectivity index (χ0v) is 19.3. The number of imide groups is 1. The molecule has 1 atom stereocenters. The first kappa shape index (κ1) is 23.9. The lowest BCUT2D eigenvalue weighted by atomic mass is 9.94. The summed E-state index contributed by atoms with van der Waals surface area (Å²) in [5.41, 5.74) is 2.93. The van der Waals surface area contributed by atoms with Gasteiger partial charge in [0.2, 0.25) is 0 Å². The number of rotatable bonds is 10. The van der Waals surface area contributed by atoms with Crippen molar-refractivity contribution in [2.24, 2.45) is 5.92 Å². The van der Waals surface area contributed by atoms with Crippen LogP contribution in [-0.4, -0.2) is 46.7 Å². The standard InChI is InChI=1S/C28H25NO6/c1-2-35-22-13-11-19(12-14-22)18-7-9-20(10-8-18)25(30)17-21(28(33)34)15-16-29-26(31)23-5-3-4-6-24(23)27(29)32/h3-14,21H,2,15-17H2,1H3,(H,33,34)/t21-/m1/s1. The van der Waals surface area contributed by atoms with Gasteiger partial charge in [-0.3, -0.25) is 24.1 Å². The van der Waals surface area contributed by atoms with E-state index in [-0.39, 0.29) is 25.2 Å². The number of ether oxygens (including phenoxy) is 1. The van der Waals surface area contributed by atoms with Crippen LogP contribution in [0.2, 0.25) is 0 Å². The molecule has 0 radical (unpaired) electrons. The predicted octanol–water partition coefficient (Wildman–Crippen LogP) is 4.71. The normalized spacial score (nSPS) is 13.5. The van der Waals surface area contributed by atoms with E-state index in [4.69, 9.17) is 4.74 Å². The maximum atomic E-state index is 12.8. The number of carbonyl (C=O) groups is 4. The monoisotopic (exact) mass is 471 g/mol. The van der Waals surface area contributed by atoms with Crippen molar-refractivity contribution in [2.45, 2.75) is 19.8 Å². The molecule has 3 aromatic rings. The van der Waals surface area contributed by atoms with Gasteiger partial charge >= 0.3 is 5.97 Å². The second-order valence-corrected chi connectivity index (χ2v) is 8.29. The number of amides is 2. The number of Topliss-reactive ketones (excluding diaryl/α,β-unsaturated/α-hetero) is 1. The third kappa shape index (κ3) is 5.14. The number of aliphatic carboxylic acids is 1. The first-order valence-electron chi connectivity index (χ1n) is 11.4. The lowest BCUT2D eigenvalue weighted by Gasteiger charge is -2.17. The van der Waals surface area contributed by atoms with Crippen LogP contribution in [0.4, 0.5) is 0 Å². The highest BCUT2D eigenvalue weighted by Gasteiger charge is 2.35. The average molecular weight is 472 g/mol. The van der Waals surface area contributed by atoms with Crippen molar-refractivity contribution in [3.63, 3.8) is 0 Å². The summed E-state index contributed by atoms with van der Waals surface area (Å²) in [4.78, 5) is 50.7. The maximum Gasteiger partial charge on any atom is 0.307 e. The number of carbonyl (C=O) groups excluding carboxylic acids is 3. The number of benzene rings is 3. The lowest BCUT2D eigenvalue weighted by molar-refractivity contribution is -0.142. The summed E-state index contributed by atoms with van der Waals surface area (Å²) in [6.45, 7) is 2.45. The van der Waals surface area contributed by atoms with Crippen LogP contribution >= 0.6 is 0 Å². The van der Waals surface area contributed by atoms with Crippen molar-refractivity contribution in [3.8, 4) is 16.9 Å². The third-order valence-electron chi connectivity index (χ3n) is 6.07. The van der Waals surface area contributed by atoms with E-state index < -0.39 is 23.7 Å². The first-order chi connectivity index (χ1) is 16.9. The SMILES string of the molecule is CCOc1ccc(-c2ccc(C(=O)C[C@@H](CCN3C(=O)c4ccccc4C3=O)C(=O)O)cc2)cc1. The molecule has 35 heavy (non-hydrogen) atoms. The molecule has 0 spiro atoms. The Balaban J connectivity index is 1.39. The van der Waals surface area contributed by atoms with E-state index in [2.05, 4.69) is 0 Å². The second kappa shape index (κ2) is 10.3. The van der Waals surface area contributed by atoms with Gasteiger partial charge in [-0.15, -0.1) is 0 Å². The number of carboxylic acids is 1. The van der Waals surface area contributed by atoms with Crippen molar-refractivity contribution < 1.29 is 29.0 Å². The van der Waals surface area contributed by atoms with Crippen LogP contribution in [0.5, 0.6) is 5.75 Å². The maximum absolute atomic E-state index is 12.8. The molecule has 0 fully saturated rings. The molecule has 0 unspecified atom stereocenters. The molecule has 1 aliphatic heterocycles. The van der Waals surface area contributed by atoms with E-state index in [0.717, 1.165) is 21.8 Å². The number of fused-ring (bicyclic) bond motifs is 1. The number of carboxylic acid groups (broad SMARTS) is 1. The molecule has 3 aromatic carbocycles. The Morgan fingerprint density at radius 2 is 1.40 bits per heavy atom. The van der Waals surface area contributed by atoms with Crippen LogP contribution in [0.25, 0.3) is 11.1 Å². The van der Waals surface area contributed by atoms with Gasteiger partial charge in [0.15, 0.2) is 5.78 Å². The summed E-state index contributed by atoms with van der Waals surface area (Å²) in [5.74, 6) is -2.56. The molecule has 2 amide bonds. The number of nitrogens with zero attached hydrogens (tertiary/aromatic N) is 1. The molecule has 0 saturated heterocycles. The minimum Gasteiger partial charge on any atom is -0.494 e. The number of ketones is 1. The summed E-state index contributed by atoms with van der Waals surface area (Å²) in [6.07, 6.45) is -0.224. The summed E-state index contributed by atoms with van der Waals surface area (Å²) in [7, 11) is 0. The van der Waals surface area contributed by atoms with Crippen molar-refractivity contribution in [1.29, 1.82) is 0 Å². The minimum absolute atomic E-state index is 0.00317. The third-order valence-corrected chi connectivity index (χ3v) is 6.07. The summed E-state index contributed by atoms with van der Waals surface area (Å²) in [6, 6.07) is 21.1. The Hall–Kier alpha value is -4.26. The predicted molar refractivity (Wildman–Crippen MR) is 130 cm³/mol. The molecule has 1 aliphatic rings. The Kier molecular flexibility index (Phi) is 7.06. The molecule has 0 bridgehead atoms. The van der Waals surface area contributed by atoms with Gasteiger partial charge in [-0.05, 0) is 48.7 Å². The van der Waals surface area contributed by atoms with Crippen LogP contribution in [-0.2, 0) is 4.79 Å². The fraction of sp³-hybridized carbons (Fsp3) is 0.214. The summed E-state index contributed by atoms with van der Waals surface area (Å²) >= 11 is 0. The smallest absolute Gasteiger partial charge is 0.307 e. The summed E-state index contributed by atoms with van der Waals surface area (Å²) < 4.78 is 5.45. The zero-order chi connectivity index (χ0) is 24.9. The molecule has 4 rings (SSSR count). The fourth-order valence-corrected chi connectivity index (χ4v) is 4.14. The van der Waals surface area contributed by atoms with Crippen molar-refractivity contribution in [3.05, 3.63) is 89.5 Å². The molecule has 7 nitrogen and oxygen atoms in total. The van der Waals surface area contributed by atoms with Gasteiger partial charge in [0.05, 0.1) is 23.7 Å². The molecule has 1 N–H and O–H groups in total. The van der Waals surface area contributed by atoms with Crippen molar-refractivity contribution in [1.82, 2.24) is 4.90 Å². The van der Waals surface area contributed by atoms with Gasteiger partial charge in [0.25, 0.3) is 11.8 Å². The van der Waals surface area contributed by atoms with Gasteiger partial charge < -0.3 is 9.84 Å². The zero-order valence-electron chi connectivity index (χ0n) is 19.3. The van der Waals surface area contributed by atoms with Gasteiger partial charge in [-0.1, -0.05) is 48.5 Å². The van der Waals surface area contributed by atoms with Crippen LogP contribution in [0.1, 0.15) is 50.8 Å².